The molecule has 0 spiro atoms. The van der Waals surface area contributed by atoms with E-state index in [9.17, 15) is 19.3 Å². The van der Waals surface area contributed by atoms with Crippen molar-refractivity contribution in [3.05, 3.63) is 39.2 Å². The fourth-order valence-electron chi connectivity index (χ4n) is 2.16. The number of nitro benzene ring substituents is 1. The fraction of sp³-hybridized carbons (Fsp3) is 0.417. The molecule has 0 N–H and O–H groups in total. The zero-order valence-electron chi connectivity index (χ0n) is 10.4. The number of hydrogen-bond acceptors (Lipinski definition) is 4. The lowest BCUT2D eigenvalue weighted by Gasteiger charge is -2.27. The Morgan fingerprint density at radius 3 is 2.89 bits per heavy atom. The van der Waals surface area contributed by atoms with Crippen LogP contribution in [0.25, 0.3) is 0 Å². The number of hydrogen-bond donors (Lipinski definition) is 0. The largest absolute Gasteiger partial charge is 0.450 e. The van der Waals surface area contributed by atoms with Crippen LogP contribution in [-0.2, 0) is 17.7 Å². The molecule has 102 valence electrons. The summed E-state index contributed by atoms with van der Waals surface area (Å²) < 4.78 is 18.6. The van der Waals surface area contributed by atoms with Crippen molar-refractivity contribution >= 4 is 11.8 Å². The Hall–Kier alpha value is -2.18. The zero-order chi connectivity index (χ0) is 14.0. The Labute approximate surface area is 108 Å². The lowest BCUT2D eigenvalue weighted by Crippen LogP contribution is -2.37. The second-order valence-electron chi connectivity index (χ2n) is 4.15. The molecule has 0 aliphatic carbocycles. The van der Waals surface area contributed by atoms with Crippen LogP contribution in [0.15, 0.2) is 12.1 Å². The second kappa shape index (κ2) is 5.21. The standard InChI is InChI=1S/C12H13FN2O4/c1-2-19-12(16)14-6-5-8-9(7-14)10(13)3-4-11(8)15(17)18/h3-4H,2,5-7H2,1H3. The maximum absolute atomic E-state index is 13.7. The minimum Gasteiger partial charge on any atom is -0.450 e. The summed E-state index contributed by atoms with van der Waals surface area (Å²) in [5.41, 5.74) is 0.471. The van der Waals surface area contributed by atoms with Crippen LogP contribution in [0.5, 0.6) is 0 Å². The molecule has 7 heteroatoms. The predicted octanol–water partition coefficient (Wildman–Crippen LogP) is 2.25. The highest BCUT2D eigenvalue weighted by Crippen LogP contribution is 2.30. The van der Waals surface area contributed by atoms with Gasteiger partial charge in [-0.15, -0.1) is 0 Å². The molecule has 6 nitrogen and oxygen atoms in total. The summed E-state index contributed by atoms with van der Waals surface area (Å²) in [5.74, 6) is -0.533. The lowest BCUT2D eigenvalue weighted by atomic mass is 9.97. The summed E-state index contributed by atoms with van der Waals surface area (Å²) in [6, 6.07) is 2.22. The molecule has 0 aromatic heterocycles. The third kappa shape index (κ3) is 2.49. The van der Waals surface area contributed by atoms with Gasteiger partial charge < -0.3 is 9.64 Å². The second-order valence-corrected chi connectivity index (χ2v) is 4.15. The number of ether oxygens (including phenoxy) is 1. The number of amides is 1. The van der Waals surface area contributed by atoms with Gasteiger partial charge >= 0.3 is 6.09 Å². The average molecular weight is 268 g/mol. The van der Waals surface area contributed by atoms with Crippen LogP contribution in [0, 0.1) is 15.9 Å². The van der Waals surface area contributed by atoms with Gasteiger partial charge in [0, 0.05) is 23.7 Å². The summed E-state index contributed by atoms with van der Waals surface area (Å²) in [6.07, 6.45) is -0.276. The quantitative estimate of drug-likeness (QED) is 0.609. The minimum absolute atomic E-state index is 0.00167. The molecule has 1 heterocycles. The third-order valence-corrected chi connectivity index (χ3v) is 3.05. The summed E-state index contributed by atoms with van der Waals surface area (Å²) in [7, 11) is 0. The van der Waals surface area contributed by atoms with E-state index in [0.717, 1.165) is 12.1 Å². The van der Waals surface area contributed by atoms with Gasteiger partial charge in [-0.1, -0.05) is 0 Å². The van der Waals surface area contributed by atoms with E-state index in [1.54, 1.807) is 6.92 Å². The van der Waals surface area contributed by atoms with Gasteiger partial charge in [0.2, 0.25) is 0 Å². The smallest absolute Gasteiger partial charge is 0.410 e. The SMILES string of the molecule is CCOC(=O)N1CCc2c([N+](=O)[O-])ccc(F)c2C1. The first kappa shape index (κ1) is 13.3. The number of carbonyl (C=O) groups is 1. The van der Waals surface area contributed by atoms with Gasteiger partial charge in [-0.25, -0.2) is 9.18 Å². The van der Waals surface area contributed by atoms with Crippen molar-refractivity contribution in [3.8, 4) is 0 Å². The number of fused-ring (bicyclic) bond motifs is 1. The van der Waals surface area contributed by atoms with Gasteiger partial charge in [0.15, 0.2) is 0 Å². The van der Waals surface area contributed by atoms with E-state index in [1.807, 2.05) is 0 Å². The van der Waals surface area contributed by atoms with E-state index in [2.05, 4.69) is 0 Å². The fourth-order valence-corrected chi connectivity index (χ4v) is 2.16. The Bertz CT molecular complexity index is 533. The van der Waals surface area contributed by atoms with Crippen LogP contribution >= 0.6 is 0 Å². The summed E-state index contributed by atoms with van der Waals surface area (Å²) in [5, 5.41) is 10.9. The number of benzene rings is 1. The molecule has 1 aliphatic rings. The van der Waals surface area contributed by atoms with Crippen molar-refractivity contribution < 1.29 is 18.8 Å². The highest BCUT2D eigenvalue weighted by Gasteiger charge is 2.29. The Morgan fingerprint density at radius 2 is 2.26 bits per heavy atom. The molecule has 0 atom stereocenters. The van der Waals surface area contributed by atoms with Crippen molar-refractivity contribution in [2.75, 3.05) is 13.2 Å². The first-order valence-corrected chi connectivity index (χ1v) is 5.91. The summed E-state index contributed by atoms with van der Waals surface area (Å²) in [4.78, 5) is 23.3. The Kier molecular flexibility index (Phi) is 3.64. The average Bonchev–Trinajstić information content (AvgIpc) is 2.38. The molecule has 0 fully saturated rings. The molecule has 1 amide bonds. The van der Waals surface area contributed by atoms with Gasteiger partial charge in [-0.05, 0) is 19.4 Å². The number of nitrogens with zero attached hydrogens (tertiary/aromatic N) is 2. The van der Waals surface area contributed by atoms with Crippen LogP contribution < -0.4 is 0 Å². The van der Waals surface area contributed by atoms with E-state index in [0.29, 0.717) is 5.56 Å². The molecular formula is C12H13FN2O4. The number of carbonyl (C=O) groups excluding carboxylic acids is 1. The van der Waals surface area contributed by atoms with Gasteiger partial charge in [0.1, 0.15) is 5.82 Å². The molecule has 19 heavy (non-hydrogen) atoms. The zero-order valence-corrected chi connectivity index (χ0v) is 10.4. The maximum atomic E-state index is 13.7. The molecular weight excluding hydrogens is 255 g/mol. The van der Waals surface area contributed by atoms with E-state index < -0.39 is 16.8 Å². The molecule has 1 aliphatic heterocycles. The van der Waals surface area contributed by atoms with Gasteiger partial charge in [0.05, 0.1) is 18.1 Å². The maximum Gasteiger partial charge on any atom is 0.410 e. The molecule has 0 saturated heterocycles. The van der Waals surface area contributed by atoms with Crippen LogP contribution in [0.1, 0.15) is 18.1 Å². The monoisotopic (exact) mass is 268 g/mol. The minimum atomic E-state index is -0.533. The van der Waals surface area contributed by atoms with Gasteiger partial charge in [-0.3, -0.25) is 10.1 Å². The van der Waals surface area contributed by atoms with E-state index in [4.69, 9.17) is 4.74 Å². The highest BCUT2D eigenvalue weighted by molar-refractivity contribution is 5.68. The van der Waals surface area contributed by atoms with Crippen molar-refractivity contribution in [2.24, 2.45) is 0 Å². The van der Waals surface area contributed by atoms with E-state index in [-0.39, 0.29) is 37.4 Å². The molecule has 1 aromatic carbocycles. The molecule has 0 radical (unpaired) electrons. The van der Waals surface area contributed by atoms with Crippen molar-refractivity contribution in [1.29, 1.82) is 0 Å². The van der Waals surface area contributed by atoms with Crippen LogP contribution in [0.2, 0.25) is 0 Å². The molecule has 0 saturated carbocycles. The Morgan fingerprint density at radius 1 is 1.53 bits per heavy atom. The number of halogens is 1. The van der Waals surface area contributed by atoms with E-state index in [1.165, 1.54) is 4.90 Å². The lowest BCUT2D eigenvalue weighted by molar-refractivity contribution is -0.385. The van der Waals surface area contributed by atoms with Crippen LogP contribution in [-0.4, -0.2) is 29.1 Å². The number of nitro groups is 1. The molecule has 1 aromatic rings. The molecule has 0 unspecified atom stereocenters. The summed E-state index contributed by atoms with van der Waals surface area (Å²) in [6.45, 7) is 2.21. The Balaban J connectivity index is 2.32. The van der Waals surface area contributed by atoms with Gasteiger partial charge in [0.25, 0.3) is 5.69 Å². The van der Waals surface area contributed by atoms with Crippen LogP contribution in [0.3, 0.4) is 0 Å². The predicted molar refractivity (Wildman–Crippen MR) is 64.2 cm³/mol. The van der Waals surface area contributed by atoms with Crippen LogP contribution in [0.4, 0.5) is 14.9 Å². The highest BCUT2D eigenvalue weighted by atomic mass is 19.1. The van der Waals surface area contributed by atoms with Crippen molar-refractivity contribution in [2.45, 2.75) is 19.9 Å². The summed E-state index contributed by atoms with van der Waals surface area (Å²) >= 11 is 0. The molecule has 0 bridgehead atoms. The number of rotatable bonds is 2. The third-order valence-electron chi connectivity index (χ3n) is 3.05. The van der Waals surface area contributed by atoms with Crippen molar-refractivity contribution in [3.63, 3.8) is 0 Å². The van der Waals surface area contributed by atoms with Gasteiger partial charge in [-0.2, -0.15) is 0 Å². The van der Waals surface area contributed by atoms with E-state index >= 15 is 0 Å². The first-order chi connectivity index (χ1) is 9.04. The first-order valence-electron chi connectivity index (χ1n) is 5.91. The van der Waals surface area contributed by atoms with Crippen molar-refractivity contribution in [1.82, 2.24) is 4.90 Å². The molecule has 2 rings (SSSR count). The topological polar surface area (TPSA) is 72.7 Å². The normalized spacial score (nSPS) is 13.9.